The number of halogens is 1. The van der Waals surface area contributed by atoms with Crippen molar-refractivity contribution >= 4 is 51.2 Å². The van der Waals surface area contributed by atoms with Crippen molar-refractivity contribution in [2.24, 2.45) is 0 Å². The highest BCUT2D eigenvalue weighted by Crippen LogP contribution is 2.22. The molecule has 4 aromatic rings. The minimum atomic E-state index is 0.538. The van der Waals surface area contributed by atoms with Crippen molar-refractivity contribution in [3.05, 3.63) is 64.7 Å². The lowest BCUT2D eigenvalue weighted by Crippen LogP contribution is -2.36. The molecule has 0 unspecified atom stereocenters. The van der Waals surface area contributed by atoms with Gasteiger partial charge in [0.25, 0.3) is 0 Å². The highest BCUT2D eigenvalue weighted by Gasteiger charge is 2.16. The van der Waals surface area contributed by atoms with Crippen LogP contribution >= 0.6 is 23.8 Å². The molecule has 0 fully saturated rings. The maximum absolute atomic E-state index is 5.98. The topological polar surface area (TPSA) is 67.6 Å². The number of nitrogens with zero attached hydrogens (tertiary/aromatic N) is 5. The third kappa shape index (κ3) is 4.35. The highest BCUT2D eigenvalue weighted by atomic mass is 35.5. The first-order valence-electron chi connectivity index (χ1n) is 9.46. The predicted molar refractivity (Wildman–Crippen MR) is 123 cm³/mol. The molecule has 0 radical (unpaired) electrons. The summed E-state index contributed by atoms with van der Waals surface area (Å²) in [7, 11) is 1.67. The number of aromatic nitrogens is 4. The number of rotatable bonds is 6. The van der Waals surface area contributed by atoms with E-state index in [-0.39, 0.29) is 0 Å². The fraction of sp³-hybridized carbons (Fsp3) is 0.238. The summed E-state index contributed by atoms with van der Waals surface area (Å²) in [6, 6.07) is 15.8. The lowest BCUT2D eigenvalue weighted by atomic mass is 10.1. The molecule has 9 heteroatoms. The van der Waals surface area contributed by atoms with Crippen LogP contribution in [0.1, 0.15) is 11.1 Å². The molecule has 1 N–H and O–H groups in total. The van der Waals surface area contributed by atoms with E-state index in [0.717, 1.165) is 22.2 Å². The summed E-state index contributed by atoms with van der Waals surface area (Å²) in [6.45, 7) is 3.77. The molecule has 7 nitrogen and oxygen atoms in total. The van der Waals surface area contributed by atoms with Crippen LogP contribution in [0.25, 0.3) is 16.6 Å². The summed E-state index contributed by atoms with van der Waals surface area (Å²) in [5, 5.41) is 17.9. The fourth-order valence-corrected chi connectivity index (χ4v) is 3.70. The largest absolute Gasteiger partial charge is 0.383 e. The van der Waals surface area contributed by atoms with Gasteiger partial charge in [-0.2, -0.15) is 4.52 Å². The van der Waals surface area contributed by atoms with Gasteiger partial charge >= 0.3 is 0 Å². The molecule has 0 aliphatic heterocycles. The number of anilines is 1. The van der Waals surface area contributed by atoms with E-state index in [0.29, 0.717) is 35.5 Å². The van der Waals surface area contributed by atoms with Gasteiger partial charge in [0.15, 0.2) is 10.8 Å². The number of nitrogens with one attached hydrogen (secondary N) is 1. The average molecular weight is 441 g/mol. The zero-order valence-electron chi connectivity index (χ0n) is 16.7. The normalized spacial score (nSPS) is 11.2. The molecule has 0 amide bonds. The second-order valence-corrected chi connectivity index (χ2v) is 7.82. The minimum absolute atomic E-state index is 0.538. The maximum atomic E-state index is 5.98. The molecule has 0 aliphatic carbocycles. The van der Waals surface area contributed by atoms with Crippen molar-refractivity contribution in [2.45, 2.75) is 13.5 Å². The molecule has 0 saturated carbocycles. The van der Waals surface area contributed by atoms with E-state index in [1.54, 1.807) is 11.6 Å². The van der Waals surface area contributed by atoms with Gasteiger partial charge in [0.1, 0.15) is 0 Å². The SMILES string of the molecule is COCCN(Cc1cc2cc(C)ccc2n2nnnc12)C(=S)Nc1ccc(Cl)cc1. The first-order valence-corrected chi connectivity index (χ1v) is 10.2. The van der Waals surface area contributed by atoms with Gasteiger partial charge < -0.3 is 15.0 Å². The number of thiocarbonyl (C=S) groups is 1. The van der Waals surface area contributed by atoms with Gasteiger partial charge in [-0.3, -0.25) is 0 Å². The summed E-state index contributed by atoms with van der Waals surface area (Å²) >= 11 is 11.7. The Morgan fingerprint density at radius 2 is 2.00 bits per heavy atom. The molecule has 2 aromatic heterocycles. The monoisotopic (exact) mass is 440 g/mol. The average Bonchev–Trinajstić information content (AvgIpc) is 3.22. The molecule has 0 aliphatic rings. The number of ether oxygens (including phenoxy) is 1. The Morgan fingerprint density at radius 1 is 1.20 bits per heavy atom. The van der Waals surface area contributed by atoms with Crippen molar-refractivity contribution in [2.75, 3.05) is 25.6 Å². The van der Waals surface area contributed by atoms with Crippen LogP contribution in [0.5, 0.6) is 0 Å². The van der Waals surface area contributed by atoms with Crippen molar-refractivity contribution in [3.8, 4) is 0 Å². The number of fused-ring (bicyclic) bond motifs is 3. The summed E-state index contributed by atoms with van der Waals surface area (Å²) in [6.07, 6.45) is 0. The van der Waals surface area contributed by atoms with E-state index in [1.807, 2.05) is 35.2 Å². The highest BCUT2D eigenvalue weighted by molar-refractivity contribution is 7.80. The number of aryl methyl sites for hydroxylation is 1. The number of pyridine rings is 1. The summed E-state index contributed by atoms with van der Waals surface area (Å²) in [4.78, 5) is 2.04. The van der Waals surface area contributed by atoms with Crippen LogP contribution in [0.3, 0.4) is 0 Å². The van der Waals surface area contributed by atoms with Crippen LogP contribution in [0.15, 0.2) is 48.5 Å². The molecule has 0 spiro atoms. The standard InChI is InChI=1S/C21H21ClN6OS/c1-14-3-8-19-15(11-14)12-16(20-24-25-26-28(19)20)13-27(9-10-29-2)21(30)23-18-6-4-17(22)5-7-18/h3-8,11-12H,9-10,13H2,1-2H3,(H,23,30). The third-order valence-electron chi connectivity index (χ3n) is 4.81. The van der Waals surface area contributed by atoms with Crippen molar-refractivity contribution < 1.29 is 4.74 Å². The predicted octanol–water partition coefficient (Wildman–Crippen LogP) is 4.08. The molecule has 4 rings (SSSR count). The molecular formula is C21H21ClN6OS. The number of hydrogen-bond acceptors (Lipinski definition) is 5. The minimum Gasteiger partial charge on any atom is -0.383 e. The third-order valence-corrected chi connectivity index (χ3v) is 5.42. The van der Waals surface area contributed by atoms with Crippen molar-refractivity contribution in [1.82, 2.24) is 24.9 Å². The number of benzene rings is 2. The summed E-state index contributed by atoms with van der Waals surface area (Å²) < 4.78 is 7.06. The van der Waals surface area contributed by atoms with Gasteiger partial charge in [-0.1, -0.05) is 23.2 Å². The number of methoxy groups -OCH3 is 1. The molecule has 154 valence electrons. The van der Waals surface area contributed by atoms with Crippen molar-refractivity contribution in [1.29, 1.82) is 0 Å². The lowest BCUT2D eigenvalue weighted by Gasteiger charge is -2.26. The van der Waals surface area contributed by atoms with Crippen LogP contribution < -0.4 is 5.32 Å². The Balaban J connectivity index is 1.66. The molecule has 0 bridgehead atoms. The van der Waals surface area contributed by atoms with E-state index in [1.165, 1.54) is 5.56 Å². The van der Waals surface area contributed by atoms with E-state index in [2.05, 4.69) is 46.0 Å². The molecule has 2 aromatic carbocycles. The Labute approximate surface area is 184 Å². The van der Waals surface area contributed by atoms with Crippen LogP contribution in [-0.2, 0) is 11.3 Å². The Morgan fingerprint density at radius 3 is 2.77 bits per heavy atom. The van der Waals surface area contributed by atoms with E-state index < -0.39 is 0 Å². The van der Waals surface area contributed by atoms with Gasteiger partial charge in [0.05, 0.1) is 12.1 Å². The van der Waals surface area contributed by atoms with E-state index in [4.69, 9.17) is 28.6 Å². The second kappa shape index (κ2) is 8.91. The molecule has 0 atom stereocenters. The van der Waals surface area contributed by atoms with E-state index in [9.17, 15) is 0 Å². The lowest BCUT2D eigenvalue weighted by molar-refractivity contribution is 0.175. The molecule has 30 heavy (non-hydrogen) atoms. The van der Waals surface area contributed by atoms with Gasteiger partial charge in [-0.15, -0.1) is 5.10 Å². The zero-order valence-corrected chi connectivity index (χ0v) is 18.2. The second-order valence-electron chi connectivity index (χ2n) is 7.00. The smallest absolute Gasteiger partial charge is 0.184 e. The Hall–Kier alpha value is -2.81. The van der Waals surface area contributed by atoms with Crippen molar-refractivity contribution in [3.63, 3.8) is 0 Å². The zero-order chi connectivity index (χ0) is 21.1. The molecular weight excluding hydrogens is 420 g/mol. The summed E-state index contributed by atoms with van der Waals surface area (Å²) in [5.41, 5.74) is 4.71. The van der Waals surface area contributed by atoms with Crippen LogP contribution in [0, 0.1) is 6.92 Å². The maximum Gasteiger partial charge on any atom is 0.184 e. The fourth-order valence-electron chi connectivity index (χ4n) is 3.30. The van der Waals surface area contributed by atoms with E-state index >= 15 is 0 Å². The van der Waals surface area contributed by atoms with Gasteiger partial charge in [-0.25, -0.2) is 0 Å². The molecule has 2 heterocycles. The van der Waals surface area contributed by atoms with Gasteiger partial charge in [0, 0.05) is 41.9 Å². The summed E-state index contributed by atoms with van der Waals surface area (Å²) in [5.74, 6) is 0. The number of tetrazole rings is 1. The van der Waals surface area contributed by atoms with Crippen LogP contribution in [0.4, 0.5) is 5.69 Å². The first-order chi connectivity index (χ1) is 14.5. The Kier molecular flexibility index (Phi) is 6.08. The van der Waals surface area contributed by atoms with Crippen LogP contribution in [0.2, 0.25) is 5.02 Å². The first kappa shape index (κ1) is 20.5. The van der Waals surface area contributed by atoms with Crippen LogP contribution in [-0.4, -0.2) is 50.3 Å². The Bertz CT molecular complexity index is 1190. The quantitative estimate of drug-likeness (QED) is 0.453. The molecule has 0 saturated heterocycles. The van der Waals surface area contributed by atoms with Gasteiger partial charge in [0.2, 0.25) is 0 Å². The number of hydrogen-bond donors (Lipinski definition) is 1. The van der Waals surface area contributed by atoms with Gasteiger partial charge in [-0.05, 0) is 72.0 Å².